The van der Waals surface area contributed by atoms with E-state index in [2.05, 4.69) is 4.98 Å². The second kappa shape index (κ2) is 5.88. The van der Waals surface area contributed by atoms with Crippen LogP contribution in [-0.2, 0) is 0 Å². The second-order valence-corrected chi connectivity index (χ2v) is 5.79. The van der Waals surface area contributed by atoms with Crippen molar-refractivity contribution in [2.24, 2.45) is 0 Å². The molecule has 2 unspecified atom stereocenters. The fourth-order valence-electron chi connectivity index (χ4n) is 1.83. The summed E-state index contributed by atoms with van der Waals surface area (Å²) in [6.45, 7) is 1.96. The molecule has 0 radical (unpaired) electrons. The van der Waals surface area contributed by atoms with Crippen molar-refractivity contribution in [1.29, 1.82) is 0 Å². The Bertz CT molecular complexity index is 556. The molecule has 2 aromatic rings. The van der Waals surface area contributed by atoms with Crippen molar-refractivity contribution < 1.29 is 10.2 Å². The molecule has 0 aliphatic carbocycles. The number of benzene rings is 1. The number of nitrogens with zero attached hydrogens (tertiary/aromatic N) is 1. The van der Waals surface area contributed by atoms with E-state index in [1.54, 1.807) is 12.1 Å². The van der Waals surface area contributed by atoms with Gasteiger partial charge in [0.1, 0.15) is 6.10 Å². The molecule has 19 heavy (non-hydrogen) atoms. The maximum atomic E-state index is 9.84. The van der Waals surface area contributed by atoms with E-state index in [9.17, 15) is 10.2 Å². The molecule has 4 N–H and O–H groups in total. The van der Waals surface area contributed by atoms with E-state index in [-0.39, 0.29) is 5.88 Å². The fourth-order valence-corrected chi connectivity index (χ4v) is 2.71. The Balaban J connectivity index is 2.26. The lowest BCUT2D eigenvalue weighted by atomic mass is 10.0. The summed E-state index contributed by atoms with van der Waals surface area (Å²) in [5, 5.41) is 19.9. The molecule has 0 saturated carbocycles. The molecular formula is C13H15ClN2O2S. The average molecular weight is 299 g/mol. The Hall–Kier alpha value is -1.14. The van der Waals surface area contributed by atoms with Crippen LogP contribution in [0.5, 0.6) is 0 Å². The van der Waals surface area contributed by atoms with E-state index < -0.39 is 12.2 Å². The van der Waals surface area contributed by atoms with Crippen LogP contribution in [0.1, 0.15) is 16.5 Å². The number of aryl methyl sites for hydroxylation is 1. The molecule has 102 valence electrons. The molecule has 0 fully saturated rings. The molecule has 1 aromatic carbocycles. The summed E-state index contributed by atoms with van der Waals surface area (Å²) >= 11 is 6.96. The lowest BCUT2D eigenvalue weighted by molar-refractivity contribution is 0.0327. The van der Waals surface area contributed by atoms with Crippen LogP contribution < -0.4 is 5.73 Å². The largest absolute Gasteiger partial charge is 0.389 e. The van der Waals surface area contributed by atoms with E-state index in [1.165, 1.54) is 11.3 Å². The van der Waals surface area contributed by atoms with Crippen molar-refractivity contribution >= 4 is 28.1 Å². The number of nitrogens with two attached hydrogens (primary N) is 1. The summed E-state index contributed by atoms with van der Waals surface area (Å²) in [6, 6.07) is 7.21. The van der Waals surface area contributed by atoms with Gasteiger partial charge in [-0.15, -0.1) is 22.9 Å². The number of rotatable bonds is 4. The van der Waals surface area contributed by atoms with Crippen molar-refractivity contribution in [3.8, 4) is 11.3 Å². The highest BCUT2D eigenvalue weighted by Gasteiger charge is 2.17. The minimum absolute atomic E-state index is 0.00928. The summed E-state index contributed by atoms with van der Waals surface area (Å²) < 4.78 is 0. The number of alkyl halides is 1. The Morgan fingerprint density at radius 3 is 2.42 bits per heavy atom. The standard InChI is InChI=1S/C13H15ClN2O2S/c1-7-11(16-13(15)19-7)8-2-4-9(5-3-8)12(18)10(17)6-14/h2-5,10,12,17-18H,6H2,1H3,(H2,15,16). The van der Waals surface area contributed by atoms with Crippen molar-refractivity contribution in [1.82, 2.24) is 4.98 Å². The molecule has 0 saturated heterocycles. The number of thiazole rings is 1. The fraction of sp³-hybridized carbons (Fsp3) is 0.308. The van der Waals surface area contributed by atoms with Crippen LogP contribution in [0.3, 0.4) is 0 Å². The SMILES string of the molecule is Cc1sc(N)nc1-c1ccc(C(O)C(O)CCl)cc1. The zero-order chi connectivity index (χ0) is 14.0. The van der Waals surface area contributed by atoms with Crippen LogP contribution in [0.25, 0.3) is 11.3 Å². The first kappa shape index (κ1) is 14.3. The molecule has 0 aliphatic heterocycles. The molecule has 0 aliphatic rings. The average Bonchev–Trinajstić information content (AvgIpc) is 2.76. The highest BCUT2D eigenvalue weighted by molar-refractivity contribution is 7.15. The van der Waals surface area contributed by atoms with E-state index >= 15 is 0 Å². The van der Waals surface area contributed by atoms with E-state index in [1.807, 2.05) is 19.1 Å². The van der Waals surface area contributed by atoms with Gasteiger partial charge in [-0.25, -0.2) is 4.98 Å². The molecule has 6 heteroatoms. The van der Waals surface area contributed by atoms with Crippen LogP contribution in [0, 0.1) is 6.92 Å². The van der Waals surface area contributed by atoms with Gasteiger partial charge in [0.15, 0.2) is 5.13 Å². The lowest BCUT2D eigenvalue weighted by Crippen LogP contribution is -2.19. The molecule has 2 rings (SSSR count). The second-order valence-electron chi connectivity index (χ2n) is 4.25. The van der Waals surface area contributed by atoms with Crippen molar-refractivity contribution in [2.45, 2.75) is 19.1 Å². The highest BCUT2D eigenvalue weighted by Crippen LogP contribution is 2.29. The predicted octanol–water partition coefficient (Wildman–Crippen LogP) is 2.33. The smallest absolute Gasteiger partial charge is 0.180 e. The number of aliphatic hydroxyl groups excluding tert-OH is 2. The first-order valence-corrected chi connectivity index (χ1v) is 7.13. The quantitative estimate of drug-likeness (QED) is 0.757. The molecule has 0 bridgehead atoms. The molecule has 0 spiro atoms. The summed E-state index contributed by atoms with van der Waals surface area (Å²) in [6.07, 6.45) is -1.95. The number of halogens is 1. The summed E-state index contributed by atoms with van der Waals surface area (Å²) in [7, 11) is 0. The van der Waals surface area contributed by atoms with Gasteiger partial charge in [-0.3, -0.25) is 0 Å². The van der Waals surface area contributed by atoms with Crippen molar-refractivity contribution in [3.63, 3.8) is 0 Å². The maximum absolute atomic E-state index is 9.84. The third-order valence-electron chi connectivity index (χ3n) is 2.86. The summed E-state index contributed by atoms with van der Waals surface area (Å²) in [4.78, 5) is 5.32. The van der Waals surface area contributed by atoms with Gasteiger partial charge in [-0.05, 0) is 12.5 Å². The minimum Gasteiger partial charge on any atom is -0.389 e. The van der Waals surface area contributed by atoms with Gasteiger partial charge in [-0.1, -0.05) is 24.3 Å². The number of aromatic nitrogens is 1. The van der Waals surface area contributed by atoms with Gasteiger partial charge in [0.2, 0.25) is 0 Å². The summed E-state index contributed by atoms with van der Waals surface area (Å²) in [5.41, 5.74) is 8.08. The van der Waals surface area contributed by atoms with Gasteiger partial charge in [-0.2, -0.15) is 0 Å². The molecular weight excluding hydrogens is 284 g/mol. The Morgan fingerprint density at radius 1 is 1.32 bits per heavy atom. The van der Waals surface area contributed by atoms with Crippen LogP contribution in [0.2, 0.25) is 0 Å². The van der Waals surface area contributed by atoms with Crippen LogP contribution in [0.4, 0.5) is 5.13 Å². The van der Waals surface area contributed by atoms with E-state index in [4.69, 9.17) is 17.3 Å². The molecule has 1 heterocycles. The Morgan fingerprint density at radius 2 is 1.95 bits per heavy atom. The molecule has 1 aromatic heterocycles. The Kier molecular flexibility index (Phi) is 4.42. The zero-order valence-electron chi connectivity index (χ0n) is 10.4. The number of hydrogen-bond donors (Lipinski definition) is 3. The van der Waals surface area contributed by atoms with Gasteiger partial charge >= 0.3 is 0 Å². The zero-order valence-corrected chi connectivity index (χ0v) is 11.9. The molecule has 2 atom stereocenters. The first-order chi connectivity index (χ1) is 9.02. The highest BCUT2D eigenvalue weighted by atomic mass is 35.5. The van der Waals surface area contributed by atoms with E-state index in [0.29, 0.717) is 10.7 Å². The van der Waals surface area contributed by atoms with Crippen molar-refractivity contribution in [2.75, 3.05) is 11.6 Å². The third-order valence-corrected chi connectivity index (χ3v) is 3.98. The molecule has 4 nitrogen and oxygen atoms in total. The lowest BCUT2D eigenvalue weighted by Gasteiger charge is -2.15. The van der Waals surface area contributed by atoms with Gasteiger partial charge < -0.3 is 15.9 Å². The number of nitrogen functional groups attached to an aromatic ring is 1. The van der Waals surface area contributed by atoms with Gasteiger partial charge in [0.25, 0.3) is 0 Å². The van der Waals surface area contributed by atoms with Gasteiger partial charge in [0, 0.05) is 10.4 Å². The first-order valence-electron chi connectivity index (χ1n) is 5.78. The summed E-state index contributed by atoms with van der Waals surface area (Å²) in [5.74, 6) is -0.00928. The van der Waals surface area contributed by atoms with Crippen LogP contribution in [0.15, 0.2) is 24.3 Å². The van der Waals surface area contributed by atoms with E-state index in [0.717, 1.165) is 16.1 Å². The topological polar surface area (TPSA) is 79.4 Å². The predicted molar refractivity (Wildman–Crippen MR) is 78.4 cm³/mol. The van der Waals surface area contributed by atoms with Crippen LogP contribution >= 0.6 is 22.9 Å². The van der Waals surface area contributed by atoms with Gasteiger partial charge in [0.05, 0.1) is 17.7 Å². The molecule has 0 amide bonds. The maximum Gasteiger partial charge on any atom is 0.180 e. The monoisotopic (exact) mass is 298 g/mol. The number of hydrogen-bond acceptors (Lipinski definition) is 5. The number of aliphatic hydroxyl groups is 2. The Labute approximate surface area is 120 Å². The third kappa shape index (κ3) is 3.06. The van der Waals surface area contributed by atoms with Crippen LogP contribution in [-0.4, -0.2) is 27.2 Å². The van der Waals surface area contributed by atoms with Crippen molar-refractivity contribution in [3.05, 3.63) is 34.7 Å². The minimum atomic E-state index is -0.979. The number of anilines is 1. The normalized spacial score (nSPS) is 14.3.